The fourth-order valence-corrected chi connectivity index (χ4v) is 4.84. The number of hydrogen-bond acceptors (Lipinski definition) is 3. The maximum atomic E-state index is 12.6. The molecule has 3 rings (SSSR count). The lowest BCUT2D eigenvalue weighted by atomic mass is 10.1. The van der Waals surface area contributed by atoms with Crippen LogP contribution in [0.2, 0.25) is 10.0 Å². The predicted octanol–water partition coefficient (Wildman–Crippen LogP) is 3.74. The van der Waals surface area contributed by atoms with Crippen LogP contribution >= 0.6 is 23.2 Å². The number of nitrogens with one attached hydrogen (secondary N) is 1. The highest BCUT2D eigenvalue weighted by atomic mass is 35.5. The van der Waals surface area contributed by atoms with E-state index in [-0.39, 0.29) is 21.5 Å². The van der Waals surface area contributed by atoms with Crippen LogP contribution in [0.15, 0.2) is 41.3 Å². The van der Waals surface area contributed by atoms with Crippen molar-refractivity contribution in [1.82, 2.24) is 4.31 Å². The van der Waals surface area contributed by atoms with Gasteiger partial charge in [0.25, 0.3) is 0 Å². The van der Waals surface area contributed by atoms with Gasteiger partial charge in [0.1, 0.15) is 4.90 Å². The van der Waals surface area contributed by atoms with Gasteiger partial charge in [-0.3, -0.25) is 4.79 Å². The lowest BCUT2D eigenvalue weighted by Gasteiger charge is -2.18. The topological polar surface area (TPSA) is 66.5 Å². The maximum Gasteiger partial charge on any atom is 0.244 e. The van der Waals surface area contributed by atoms with E-state index in [2.05, 4.69) is 5.32 Å². The number of hydrogen-bond donors (Lipinski definition) is 1. The van der Waals surface area contributed by atoms with Crippen LogP contribution in [0.25, 0.3) is 0 Å². The second-order valence-corrected chi connectivity index (χ2v) is 9.08. The van der Waals surface area contributed by atoms with Crippen molar-refractivity contribution < 1.29 is 13.2 Å². The number of nitrogens with zero attached hydrogens (tertiary/aromatic N) is 1. The van der Waals surface area contributed by atoms with Crippen molar-refractivity contribution in [1.29, 1.82) is 0 Å². The standard InChI is InChI=1S/C18H18Cl2N2O3S/c1-22(26(24,25)17-10-14(19)6-8-16(17)20)11-18(23)21-15-7-5-12-3-2-4-13(12)9-15/h5-10H,2-4,11H2,1H3,(H,21,23). The summed E-state index contributed by atoms with van der Waals surface area (Å²) in [5.74, 6) is -0.424. The largest absolute Gasteiger partial charge is 0.325 e. The van der Waals surface area contributed by atoms with Crippen LogP contribution in [0.1, 0.15) is 17.5 Å². The van der Waals surface area contributed by atoms with Crippen LogP contribution in [0.4, 0.5) is 5.69 Å². The third kappa shape index (κ3) is 4.04. The second kappa shape index (κ2) is 7.56. The molecular formula is C18H18Cl2N2O3S. The van der Waals surface area contributed by atoms with Crippen LogP contribution < -0.4 is 5.32 Å². The van der Waals surface area contributed by atoms with Crippen LogP contribution in [-0.4, -0.2) is 32.2 Å². The van der Waals surface area contributed by atoms with Crippen LogP contribution in [0.5, 0.6) is 0 Å². The average Bonchev–Trinajstić information content (AvgIpc) is 3.04. The van der Waals surface area contributed by atoms with Gasteiger partial charge in [0, 0.05) is 17.8 Å². The molecule has 2 aromatic carbocycles. The minimum absolute atomic E-state index is 0.0558. The molecule has 0 radical (unpaired) electrons. The maximum absolute atomic E-state index is 12.6. The molecule has 0 fully saturated rings. The Labute approximate surface area is 163 Å². The molecule has 0 bridgehead atoms. The first-order valence-electron chi connectivity index (χ1n) is 8.10. The molecule has 5 nitrogen and oxygen atoms in total. The minimum Gasteiger partial charge on any atom is -0.325 e. The van der Waals surface area contributed by atoms with Crippen molar-refractivity contribution >= 4 is 44.8 Å². The van der Waals surface area contributed by atoms with Crippen LogP contribution in [0.3, 0.4) is 0 Å². The number of benzene rings is 2. The number of carbonyl (C=O) groups is 1. The Bertz CT molecular complexity index is 961. The van der Waals surface area contributed by atoms with Gasteiger partial charge in [-0.25, -0.2) is 8.42 Å². The zero-order valence-electron chi connectivity index (χ0n) is 14.1. The summed E-state index contributed by atoms with van der Waals surface area (Å²) in [7, 11) is -2.60. The Morgan fingerprint density at radius 2 is 1.85 bits per heavy atom. The molecule has 0 aliphatic heterocycles. The van der Waals surface area contributed by atoms with E-state index < -0.39 is 15.9 Å². The predicted molar refractivity (Wildman–Crippen MR) is 103 cm³/mol. The molecule has 138 valence electrons. The smallest absolute Gasteiger partial charge is 0.244 e. The molecule has 1 aliphatic rings. The summed E-state index contributed by atoms with van der Waals surface area (Å²) in [6, 6.07) is 9.98. The SMILES string of the molecule is CN(CC(=O)Nc1ccc2c(c1)CCC2)S(=O)(=O)c1cc(Cl)ccc1Cl. The molecule has 0 saturated carbocycles. The molecule has 8 heteroatoms. The van der Waals surface area contributed by atoms with Crippen LogP contribution in [-0.2, 0) is 27.7 Å². The molecule has 1 amide bonds. The number of sulfonamides is 1. The number of halogens is 2. The summed E-state index contributed by atoms with van der Waals surface area (Å²) in [4.78, 5) is 12.2. The fraction of sp³-hybridized carbons (Fsp3) is 0.278. The molecule has 2 aromatic rings. The highest BCUT2D eigenvalue weighted by molar-refractivity contribution is 7.89. The first-order chi connectivity index (χ1) is 12.3. The quantitative estimate of drug-likeness (QED) is 0.812. The van der Waals surface area contributed by atoms with Crippen LogP contribution in [0, 0.1) is 0 Å². The molecule has 26 heavy (non-hydrogen) atoms. The van der Waals surface area contributed by atoms with E-state index in [4.69, 9.17) is 23.2 Å². The normalized spacial score (nSPS) is 13.7. The summed E-state index contributed by atoms with van der Waals surface area (Å²) >= 11 is 11.8. The summed E-state index contributed by atoms with van der Waals surface area (Å²) in [5, 5.41) is 3.06. The molecule has 0 atom stereocenters. The highest BCUT2D eigenvalue weighted by Crippen LogP contribution is 2.27. The summed E-state index contributed by atoms with van der Waals surface area (Å²) in [6.45, 7) is -0.331. The molecule has 0 saturated heterocycles. The van der Waals surface area contributed by atoms with Crippen molar-refractivity contribution in [3.8, 4) is 0 Å². The zero-order chi connectivity index (χ0) is 18.9. The Morgan fingerprint density at radius 1 is 1.12 bits per heavy atom. The molecule has 1 N–H and O–H groups in total. The van der Waals surface area contributed by atoms with E-state index in [0.29, 0.717) is 5.69 Å². The van der Waals surface area contributed by atoms with E-state index in [0.717, 1.165) is 23.6 Å². The van der Waals surface area contributed by atoms with Gasteiger partial charge in [0.05, 0.1) is 11.6 Å². The van der Waals surface area contributed by atoms with Gasteiger partial charge in [0.2, 0.25) is 15.9 Å². The Balaban J connectivity index is 1.71. The van der Waals surface area contributed by atoms with Crippen molar-refractivity contribution in [3.63, 3.8) is 0 Å². The van der Waals surface area contributed by atoms with Crippen molar-refractivity contribution in [3.05, 3.63) is 57.6 Å². The van der Waals surface area contributed by atoms with Gasteiger partial charge in [-0.2, -0.15) is 4.31 Å². The van der Waals surface area contributed by atoms with Gasteiger partial charge in [-0.05, 0) is 60.7 Å². The molecular weight excluding hydrogens is 395 g/mol. The number of amides is 1. The average molecular weight is 413 g/mol. The number of likely N-dealkylation sites (N-methyl/N-ethyl adjacent to an activating group) is 1. The second-order valence-electron chi connectivity index (χ2n) is 6.22. The number of anilines is 1. The van der Waals surface area contributed by atoms with Crippen molar-refractivity contribution in [2.24, 2.45) is 0 Å². The molecule has 0 unspecified atom stereocenters. The van der Waals surface area contributed by atoms with Gasteiger partial charge < -0.3 is 5.32 Å². The van der Waals surface area contributed by atoms with Gasteiger partial charge >= 0.3 is 0 Å². The lowest BCUT2D eigenvalue weighted by Crippen LogP contribution is -2.35. The number of fused-ring (bicyclic) bond motifs is 1. The summed E-state index contributed by atoms with van der Waals surface area (Å²) in [6.07, 6.45) is 3.18. The van der Waals surface area contributed by atoms with E-state index in [1.54, 1.807) is 0 Å². The molecule has 1 aliphatic carbocycles. The fourth-order valence-electron chi connectivity index (χ4n) is 2.98. The summed E-state index contributed by atoms with van der Waals surface area (Å²) < 4.78 is 26.3. The van der Waals surface area contributed by atoms with Crippen molar-refractivity contribution in [2.45, 2.75) is 24.2 Å². The Hall–Kier alpha value is -1.60. The van der Waals surface area contributed by atoms with Gasteiger partial charge in [-0.15, -0.1) is 0 Å². The lowest BCUT2D eigenvalue weighted by molar-refractivity contribution is -0.116. The molecule has 0 spiro atoms. The van der Waals surface area contributed by atoms with E-state index in [1.807, 2.05) is 18.2 Å². The van der Waals surface area contributed by atoms with E-state index in [1.165, 1.54) is 36.4 Å². The first-order valence-corrected chi connectivity index (χ1v) is 10.3. The molecule has 0 heterocycles. The summed E-state index contributed by atoms with van der Waals surface area (Å²) in [5.41, 5.74) is 3.20. The molecule has 0 aromatic heterocycles. The third-order valence-corrected chi connectivity index (χ3v) is 6.85. The zero-order valence-corrected chi connectivity index (χ0v) is 16.5. The van der Waals surface area contributed by atoms with Crippen molar-refractivity contribution in [2.75, 3.05) is 18.9 Å². The highest BCUT2D eigenvalue weighted by Gasteiger charge is 2.26. The van der Waals surface area contributed by atoms with E-state index in [9.17, 15) is 13.2 Å². The van der Waals surface area contributed by atoms with Gasteiger partial charge in [0.15, 0.2) is 0 Å². The minimum atomic E-state index is -3.93. The monoisotopic (exact) mass is 412 g/mol. The van der Waals surface area contributed by atoms with E-state index >= 15 is 0 Å². The Kier molecular flexibility index (Phi) is 5.58. The Morgan fingerprint density at radius 3 is 2.62 bits per heavy atom. The first kappa shape index (κ1) is 19.2. The number of rotatable bonds is 5. The van der Waals surface area contributed by atoms with Gasteiger partial charge in [-0.1, -0.05) is 29.3 Å². The number of aryl methyl sites for hydroxylation is 2. The number of carbonyl (C=O) groups excluding carboxylic acids is 1. The third-order valence-electron chi connectivity index (χ3n) is 4.33.